The van der Waals surface area contributed by atoms with Crippen LogP contribution in [0.15, 0.2) is 18.2 Å². The maximum Gasteiger partial charge on any atom is 0.122 e. The van der Waals surface area contributed by atoms with Gasteiger partial charge in [-0.05, 0) is 43.4 Å². The topological polar surface area (TPSA) is 33.0 Å². The normalized spacial score (nSPS) is 16.8. The molecule has 1 atom stereocenters. The van der Waals surface area contributed by atoms with Gasteiger partial charge in [0.1, 0.15) is 5.75 Å². The van der Waals surface area contributed by atoms with Crippen LogP contribution in [0.1, 0.15) is 37.8 Å². The molecule has 90 valence electrons. The number of nitriles is 1. The summed E-state index contributed by atoms with van der Waals surface area (Å²) in [6.45, 7) is 4.94. The minimum absolute atomic E-state index is 0.185. The first kappa shape index (κ1) is 12.0. The molecule has 1 aromatic rings. The lowest BCUT2D eigenvalue weighted by atomic mass is 9.83. The Morgan fingerprint density at radius 2 is 2.29 bits per heavy atom. The molecule has 1 aliphatic heterocycles. The summed E-state index contributed by atoms with van der Waals surface area (Å²) in [6, 6.07) is 8.84. The zero-order valence-corrected chi connectivity index (χ0v) is 10.6. The summed E-state index contributed by atoms with van der Waals surface area (Å²) in [7, 11) is 0. The average Bonchev–Trinajstić information content (AvgIpc) is 2.83. The fourth-order valence-corrected chi connectivity index (χ4v) is 2.13. The first-order valence-electron chi connectivity index (χ1n) is 6.33. The van der Waals surface area contributed by atoms with Gasteiger partial charge in [0.05, 0.1) is 18.1 Å². The van der Waals surface area contributed by atoms with Crippen LogP contribution in [0.4, 0.5) is 0 Å². The predicted octanol–water partition coefficient (Wildman–Crippen LogP) is 3.49. The van der Waals surface area contributed by atoms with Crippen molar-refractivity contribution < 1.29 is 4.74 Å². The quantitative estimate of drug-likeness (QED) is 0.791. The molecule has 0 radical (unpaired) electrons. The van der Waals surface area contributed by atoms with Crippen molar-refractivity contribution in [3.63, 3.8) is 0 Å². The number of hydrogen-bond acceptors (Lipinski definition) is 2. The van der Waals surface area contributed by atoms with Crippen molar-refractivity contribution in [3.05, 3.63) is 29.3 Å². The lowest BCUT2D eigenvalue weighted by Gasteiger charge is -2.19. The monoisotopic (exact) mass is 229 g/mol. The van der Waals surface area contributed by atoms with Crippen LogP contribution >= 0.6 is 0 Å². The molecule has 0 aromatic heterocycles. The highest BCUT2D eigenvalue weighted by Gasteiger charge is 2.21. The van der Waals surface area contributed by atoms with Crippen molar-refractivity contribution >= 4 is 0 Å². The minimum Gasteiger partial charge on any atom is -0.493 e. The van der Waals surface area contributed by atoms with E-state index in [1.807, 2.05) is 6.92 Å². The highest BCUT2D eigenvalue weighted by molar-refractivity contribution is 5.39. The highest BCUT2D eigenvalue weighted by Crippen LogP contribution is 2.29. The van der Waals surface area contributed by atoms with E-state index in [-0.39, 0.29) is 5.41 Å². The molecule has 1 heterocycles. The summed E-state index contributed by atoms with van der Waals surface area (Å²) in [5.74, 6) is 1.03. The van der Waals surface area contributed by atoms with E-state index in [1.165, 1.54) is 11.1 Å². The molecule has 2 rings (SSSR count). The van der Waals surface area contributed by atoms with Crippen LogP contribution in [0, 0.1) is 16.7 Å². The van der Waals surface area contributed by atoms with E-state index in [1.54, 1.807) is 0 Å². The average molecular weight is 229 g/mol. The van der Waals surface area contributed by atoms with Crippen molar-refractivity contribution in [1.29, 1.82) is 5.26 Å². The summed E-state index contributed by atoms with van der Waals surface area (Å²) in [5.41, 5.74) is 2.46. The van der Waals surface area contributed by atoms with E-state index >= 15 is 0 Å². The molecule has 0 N–H and O–H groups in total. The van der Waals surface area contributed by atoms with Gasteiger partial charge in [0.25, 0.3) is 0 Å². The number of hydrogen-bond donors (Lipinski definition) is 0. The van der Waals surface area contributed by atoms with Gasteiger partial charge in [0, 0.05) is 6.42 Å². The fourth-order valence-electron chi connectivity index (χ4n) is 2.13. The van der Waals surface area contributed by atoms with E-state index < -0.39 is 0 Å². The molecule has 0 spiro atoms. The fraction of sp³-hybridized carbons (Fsp3) is 0.533. The number of benzene rings is 1. The maximum absolute atomic E-state index is 9.15. The molecule has 2 nitrogen and oxygen atoms in total. The van der Waals surface area contributed by atoms with Gasteiger partial charge in [-0.25, -0.2) is 0 Å². The Labute approximate surface area is 103 Å². The van der Waals surface area contributed by atoms with E-state index in [4.69, 9.17) is 10.00 Å². The van der Waals surface area contributed by atoms with Crippen molar-refractivity contribution in [2.45, 2.75) is 39.5 Å². The molecule has 0 fully saturated rings. The number of fused-ring (bicyclic) bond motifs is 1. The molecule has 1 aliphatic rings. The second-order valence-corrected chi connectivity index (χ2v) is 5.07. The van der Waals surface area contributed by atoms with E-state index in [9.17, 15) is 0 Å². The molecule has 0 saturated heterocycles. The smallest absolute Gasteiger partial charge is 0.122 e. The van der Waals surface area contributed by atoms with Crippen molar-refractivity contribution in [3.8, 4) is 11.8 Å². The predicted molar refractivity (Wildman–Crippen MR) is 68.0 cm³/mol. The Balaban J connectivity index is 2.03. The molecule has 1 unspecified atom stereocenters. The van der Waals surface area contributed by atoms with Gasteiger partial charge in [0.2, 0.25) is 0 Å². The molecule has 0 bridgehead atoms. The Morgan fingerprint density at radius 3 is 3.00 bits per heavy atom. The van der Waals surface area contributed by atoms with E-state index in [2.05, 4.69) is 31.2 Å². The molecular formula is C15H19NO. The van der Waals surface area contributed by atoms with Crippen LogP contribution in [0.2, 0.25) is 0 Å². The highest BCUT2D eigenvalue weighted by atomic mass is 16.5. The summed E-state index contributed by atoms with van der Waals surface area (Å²) in [6.07, 6.45) is 3.84. The number of aryl methyl sites for hydroxylation is 1. The van der Waals surface area contributed by atoms with Gasteiger partial charge in [0.15, 0.2) is 0 Å². The Kier molecular flexibility index (Phi) is 3.38. The Morgan fingerprint density at radius 1 is 1.47 bits per heavy atom. The number of rotatable bonds is 4. The molecule has 0 amide bonds. The SMILES string of the molecule is CCC(C)(C#N)CCc1ccc2c(c1)CCO2. The summed E-state index contributed by atoms with van der Waals surface area (Å²) >= 11 is 0. The van der Waals surface area contributed by atoms with Gasteiger partial charge in [-0.2, -0.15) is 5.26 Å². The largest absolute Gasteiger partial charge is 0.493 e. The van der Waals surface area contributed by atoms with Crippen molar-refractivity contribution in [1.82, 2.24) is 0 Å². The molecule has 2 heteroatoms. The third-order valence-electron chi connectivity index (χ3n) is 3.77. The first-order chi connectivity index (χ1) is 8.17. The molecule has 0 aliphatic carbocycles. The van der Waals surface area contributed by atoms with Crippen LogP contribution in [-0.2, 0) is 12.8 Å². The third-order valence-corrected chi connectivity index (χ3v) is 3.77. The Hall–Kier alpha value is -1.49. The van der Waals surface area contributed by atoms with Crippen LogP contribution in [0.25, 0.3) is 0 Å². The molecular weight excluding hydrogens is 210 g/mol. The summed E-state index contributed by atoms with van der Waals surface area (Å²) in [4.78, 5) is 0. The van der Waals surface area contributed by atoms with Crippen LogP contribution < -0.4 is 4.74 Å². The molecule has 1 aromatic carbocycles. The van der Waals surface area contributed by atoms with Gasteiger partial charge in [-0.15, -0.1) is 0 Å². The van der Waals surface area contributed by atoms with E-state index in [0.29, 0.717) is 0 Å². The van der Waals surface area contributed by atoms with Gasteiger partial charge in [-0.1, -0.05) is 19.1 Å². The van der Waals surface area contributed by atoms with Gasteiger partial charge >= 0.3 is 0 Å². The van der Waals surface area contributed by atoms with Crippen LogP contribution in [0.5, 0.6) is 5.75 Å². The minimum atomic E-state index is -0.185. The first-order valence-corrected chi connectivity index (χ1v) is 6.33. The zero-order chi connectivity index (χ0) is 12.3. The van der Waals surface area contributed by atoms with Crippen LogP contribution in [0.3, 0.4) is 0 Å². The zero-order valence-electron chi connectivity index (χ0n) is 10.6. The lowest BCUT2D eigenvalue weighted by molar-refractivity contribution is 0.356. The van der Waals surface area contributed by atoms with Crippen LogP contribution in [-0.4, -0.2) is 6.61 Å². The second kappa shape index (κ2) is 4.79. The third kappa shape index (κ3) is 2.61. The van der Waals surface area contributed by atoms with Gasteiger partial charge < -0.3 is 4.74 Å². The number of nitrogens with zero attached hydrogens (tertiary/aromatic N) is 1. The van der Waals surface area contributed by atoms with Crippen molar-refractivity contribution in [2.24, 2.45) is 5.41 Å². The summed E-state index contributed by atoms with van der Waals surface area (Å²) < 4.78 is 5.49. The summed E-state index contributed by atoms with van der Waals surface area (Å²) in [5, 5.41) is 9.15. The standard InChI is InChI=1S/C15H19NO/c1-3-15(2,11-16)8-6-12-4-5-14-13(10-12)7-9-17-14/h4-5,10H,3,6-9H2,1-2H3. The molecule has 17 heavy (non-hydrogen) atoms. The van der Waals surface area contributed by atoms with Gasteiger partial charge in [-0.3, -0.25) is 0 Å². The second-order valence-electron chi connectivity index (χ2n) is 5.07. The maximum atomic E-state index is 9.15. The lowest BCUT2D eigenvalue weighted by Crippen LogP contribution is -2.13. The molecule has 0 saturated carbocycles. The van der Waals surface area contributed by atoms with Crippen molar-refractivity contribution in [2.75, 3.05) is 6.61 Å². The Bertz CT molecular complexity index is 447. The number of ether oxygens (including phenoxy) is 1. The van der Waals surface area contributed by atoms with E-state index in [0.717, 1.165) is 38.0 Å².